The first-order valence-corrected chi connectivity index (χ1v) is 5.88. The van der Waals surface area contributed by atoms with Gasteiger partial charge >= 0.3 is 5.97 Å². The first kappa shape index (κ1) is 12.5. The van der Waals surface area contributed by atoms with Crippen molar-refractivity contribution in [3.05, 3.63) is 23.7 Å². The molecule has 1 fully saturated rings. The maximum atomic E-state index is 11.8. The minimum atomic E-state index is -0.447. The predicted octanol–water partition coefficient (Wildman–Crippen LogP) is 1.85. The zero-order chi connectivity index (χ0) is 13.3. The molecule has 0 saturated heterocycles. The van der Waals surface area contributed by atoms with E-state index in [9.17, 15) is 4.79 Å². The predicted molar refractivity (Wildman–Crippen MR) is 69.8 cm³/mol. The molecule has 1 saturated carbocycles. The van der Waals surface area contributed by atoms with Gasteiger partial charge in [-0.25, -0.2) is 14.8 Å². The molecule has 5 nitrogen and oxygen atoms in total. The van der Waals surface area contributed by atoms with Crippen molar-refractivity contribution in [2.24, 2.45) is 0 Å². The number of hydrogen-bond acceptors (Lipinski definition) is 5. The molecule has 1 aliphatic carbocycles. The Hall–Kier alpha value is -1.91. The van der Waals surface area contributed by atoms with E-state index in [0.29, 0.717) is 23.0 Å². The first-order valence-electron chi connectivity index (χ1n) is 5.88. The number of esters is 1. The van der Waals surface area contributed by atoms with Gasteiger partial charge in [0, 0.05) is 25.6 Å². The van der Waals surface area contributed by atoms with E-state index in [-0.39, 0.29) is 0 Å². The molecule has 0 N–H and O–H groups in total. The van der Waals surface area contributed by atoms with Crippen LogP contribution in [0, 0.1) is 0 Å². The molecule has 0 radical (unpaired) electrons. The van der Waals surface area contributed by atoms with E-state index in [2.05, 4.69) is 16.5 Å². The third kappa shape index (κ3) is 2.20. The van der Waals surface area contributed by atoms with Gasteiger partial charge in [-0.3, -0.25) is 0 Å². The summed E-state index contributed by atoms with van der Waals surface area (Å²) in [6.07, 6.45) is 3.76. The number of anilines is 1. The minimum absolute atomic E-state index is 0.299. The monoisotopic (exact) mass is 247 g/mol. The van der Waals surface area contributed by atoms with Gasteiger partial charge in [-0.05, 0) is 12.8 Å². The summed E-state index contributed by atoms with van der Waals surface area (Å²) in [4.78, 5) is 22.5. The highest BCUT2D eigenvalue weighted by atomic mass is 16.5. The van der Waals surface area contributed by atoms with Gasteiger partial charge < -0.3 is 9.64 Å². The van der Waals surface area contributed by atoms with Gasteiger partial charge in [-0.1, -0.05) is 12.7 Å². The average Bonchev–Trinajstić information content (AvgIpc) is 3.20. The summed E-state index contributed by atoms with van der Waals surface area (Å²) in [7, 11) is 5.11. The van der Waals surface area contributed by atoms with Crippen molar-refractivity contribution < 1.29 is 9.53 Å². The number of hydrogen-bond donors (Lipinski definition) is 0. The zero-order valence-corrected chi connectivity index (χ0v) is 10.9. The second-order valence-electron chi connectivity index (χ2n) is 4.53. The van der Waals surface area contributed by atoms with Crippen LogP contribution in [0.4, 0.5) is 5.82 Å². The molecule has 0 atom stereocenters. The smallest absolute Gasteiger partial charge is 0.357 e. The van der Waals surface area contributed by atoms with Crippen molar-refractivity contribution >= 4 is 17.9 Å². The van der Waals surface area contributed by atoms with Crippen LogP contribution in [-0.2, 0) is 4.74 Å². The van der Waals surface area contributed by atoms with Gasteiger partial charge in [0.25, 0.3) is 0 Å². The Bertz CT molecular complexity index is 493. The molecular weight excluding hydrogens is 230 g/mol. The van der Waals surface area contributed by atoms with Crippen LogP contribution < -0.4 is 4.90 Å². The number of carbonyl (C=O) groups excluding carboxylic acids is 1. The quantitative estimate of drug-likeness (QED) is 0.760. The number of rotatable bonds is 4. The maximum Gasteiger partial charge on any atom is 0.357 e. The summed E-state index contributed by atoms with van der Waals surface area (Å²) < 4.78 is 4.77. The van der Waals surface area contributed by atoms with E-state index in [1.165, 1.54) is 7.11 Å². The molecule has 0 unspecified atom stereocenters. The van der Waals surface area contributed by atoms with Gasteiger partial charge in [0.15, 0.2) is 5.69 Å². The Balaban J connectivity index is 2.60. The summed E-state index contributed by atoms with van der Waals surface area (Å²) in [6, 6.07) is 0. The summed E-state index contributed by atoms with van der Waals surface area (Å²) in [5.74, 6) is 1.37. The molecule has 1 aliphatic rings. The van der Waals surface area contributed by atoms with Crippen LogP contribution in [0.15, 0.2) is 6.58 Å². The van der Waals surface area contributed by atoms with E-state index in [1.54, 1.807) is 6.08 Å². The van der Waals surface area contributed by atoms with E-state index < -0.39 is 5.97 Å². The fraction of sp³-hybridized carbons (Fsp3) is 0.462. The van der Waals surface area contributed by atoms with E-state index in [4.69, 9.17) is 4.74 Å². The van der Waals surface area contributed by atoms with Crippen molar-refractivity contribution in [1.82, 2.24) is 9.97 Å². The number of ether oxygens (including phenoxy) is 1. The number of nitrogens with zero attached hydrogens (tertiary/aromatic N) is 3. The molecule has 2 rings (SSSR count). The highest BCUT2D eigenvalue weighted by Crippen LogP contribution is 2.39. The fourth-order valence-electron chi connectivity index (χ4n) is 1.78. The molecular formula is C13H17N3O2. The normalized spacial score (nSPS) is 14.2. The Labute approximate surface area is 106 Å². The van der Waals surface area contributed by atoms with Crippen LogP contribution in [-0.4, -0.2) is 37.1 Å². The molecule has 18 heavy (non-hydrogen) atoms. The third-order valence-corrected chi connectivity index (χ3v) is 2.89. The summed E-state index contributed by atoms with van der Waals surface area (Å²) in [5, 5.41) is 0. The molecule has 0 amide bonds. The van der Waals surface area contributed by atoms with Crippen molar-refractivity contribution in [3.63, 3.8) is 0 Å². The molecule has 0 aliphatic heterocycles. The third-order valence-electron chi connectivity index (χ3n) is 2.89. The van der Waals surface area contributed by atoms with Crippen molar-refractivity contribution in [2.75, 3.05) is 26.1 Å². The highest BCUT2D eigenvalue weighted by Gasteiger charge is 2.30. The summed E-state index contributed by atoms with van der Waals surface area (Å²) in [5.41, 5.74) is 0.921. The Morgan fingerprint density at radius 3 is 2.56 bits per heavy atom. The van der Waals surface area contributed by atoms with E-state index >= 15 is 0 Å². The maximum absolute atomic E-state index is 11.8. The first-order chi connectivity index (χ1) is 8.58. The SMILES string of the molecule is C=Cc1c(C(=O)OC)nc(C2CC2)nc1N(C)C. The number of carbonyl (C=O) groups is 1. The van der Waals surface area contributed by atoms with Crippen LogP contribution >= 0.6 is 0 Å². The molecule has 0 spiro atoms. The largest absolute Gasteiger partial charge is 0.464 e. The lowest BCUT2D eigenvalue weighted by molar-refractivity contribution is 0.0593. The molecule has 0 aromatic carbocycles. The molecule has 5 heteroatoms. The van der Waals surface area contributed by atoms with E-state index in [1.807, 2.05) is 19.0 Å². The molecule has 1 heterocycles. The Morgan fingerprint density at radius 2 is 2.11 bits per heavy atom. The summed E-state index contributed by atoms with van der Waals surface area (Å²) >= 11 is 0. The zero-order valence-electron chi connectivity index (χ0n) is 10.9. The minimum Gasteiger partial charge on any atom is -0.464 e. The van der Waals surface area contributed by atoms with Crippen molar-refractivity contribution in [2.45, 2.75) is 18.8 Å². The fourth-order valence-corrected chi connectivity index (χ4v) is 1.78. The van der Waals surface area contributed by atoms with Crippen LogP contribution in [0.3, 0.4) is 0 Å². The van der Waals surface area contributed by atoms with Crippen molar-refractivity contribution in [1.29, 1.82) is 0 Å². The van der Waals surface area contributed by atoms with Crippen LogP contribution in [0.1, 0.15) is 40.6 Å². The standard InChI is InChI=1S/C13H17N3O2/c1-5-9-10(13(17)18-4)14-11(8-6-7-8)15-12(9)16(2)3/h5,8H,1,6-7H2,2-4H3. The number of methoxy groups -OCH3 is 1. The van der Waals surface area contributed by atoms with Crippen LogP contribution in [0.25, 0.3) is 6.08 Å². The lowest BCUT2D eigenvalue weighted by Gasteiger charge is -2.17. The van der Waals surface area contributed by atoms with Gasteiger partial charge in [0.2, 0.25) is 0 Å². The molecule has 1 aromatic heterocycles. The van der Waals surface area contributed by atoms with Gasteiger partial charge in [-0.2, -0.15) is 0 Å². The Kier molecular flexibility index (Phi) is 3.32. The summed E-state index contributed by atoms with van der Waals surface area (Å²) in [6.45, 7) is 3.73. The average molecular weight is 247 g/mol. The van der Waals surface area contributed by atoms with Gasteiger partial charge in [-0.15, -0.1) is 0 Å². The van der Waals surface area contributed by atoms with Gasteiger partial charge in [0.05, 0.1) is 7.11 Å². The van der Waals surface area contributed by atoms with Crippen molar-refractivity contribution in [3.8, 4) is 0 Å². The lowest BCUT2D eigenvalue weighted by Crippen LogP contribution is -2.18. The van der Waals surface area contributed by atoms with Crippen LogP contribution in [0.5, 0.6) is 0 Å². The second-order valence-corrected chi connectivity index (χ2v) is 4.53. The molecule has 1 aromatic rings. The topological polar surface area (TPSA) is 55.3 Å². The number of aromatic nitrogens is 2. The second kappa shape index (κ2) is 4.76. The van der Waals surface area contributed by atoms with E-state index in [0.717, 1.165) is 18.7 Å². The highest BCUT2D eigenvalue weighted by molar-refractivity contribution is 5.93. The molecule has 0 bridgehead atoms. The lowest BCUT2D eigenvalue weighted by atomic mass is 10.2. The van der Waals surface area contributed by atoms with Crippen LogP contribution in [0.2, 0.25) is 0 Å². The molecule has 96 valence electrons. The Morgan fingerprint density at radius 1 is 1.44 bits per heavy atom. The van der Waals surface area contributed by atoms with Gasteiger partial charge in [0.1, 0.15) is 11.6 Å².